The summed E-state index contributed by atoms with van der Waals surface area (Å²) in [5.74, 6) is -1.13. The molecule has 33 nitrogen and oxygen atoms in total. The number of halogens is 3. The molecule has 8 aromatic heterocycles. The van der Waals surface area contributed by atoms with Crippen molar-refractivity contribution in [2.45, 2.75) is 23.3 Å². The highest BCUT2D eigenvalue weighted by Gasteiger charge is 2.22. The zero-order chi connectivity index (χ0) is 77.6. The van der Waals surface area contributed by atoms with E-state index in [4.69, 9.17) is 40.1 Å². The fourth-order valence-electron chi connectivity index (χ4n) is 9.52. The number of piperazine rings is 1. The second kappa shape index (κ2) is 36.8. The normalized spacial score (nSPS) is 11.9. The number of carbonyl (C=O) groups excluding carboxylic acids is 5. The monoisotopic (exact) mass is 1560 g/mol. The first-order valence-electron chi connectivity index (χ1n) is 32.0. The molecule has 38 heteroatoms. The van der Waals surface area contributed by atoms with Crippen molar-refractivity contribution in [3.05, 3.63) is 244 Å². The number of nitrogens with zero attached hydrogens (tertiary/aromatic N) is 19. The van der Waals surface area contributed by atoms with Crippen LogP contribution in [0.15, 0.2) is 205 Å². The molecule has 0 unspecified atom stereocenters. The summed E-state index contributed by atoms with van der Waals surface area (Å²) in [5, 5.41) is 22.1. The van der Waals surface area contributed by atoms with Gasteiger partial charge in [0.25, 0.3) is 23.6 Å². The van der Waals surface area contributed by atoms with Crippen molar-refractivity contribution in [3.8, 4) is 52.1 Å². The predicted molar refractivity (Wildman–Crippen MR) is 403 cm³/mol. The smallest absolute Gasteiger partial charge is 0.259 e. The Labute approximate surface area is 637 Å². The Morgan fingerprint density at radius 3 is 1.19 bits per heavy atom. The first-order chi connectivity index (χ1) is 52.3. The minimum atomic E-state index is -3.46. The number of hydrogen-bond acceptors (Lipinski definition) is 28. The standard InChI is InChI=1S/C21H23N7O.C17H11ClN6O3S.C17H13ClN6O2.C16H12ClN5O3S/c1-27-10-12-28(13-11-27)14-16-5-7-17(8-6-16)20(29)26-21-24-15-23-19(25-21)18-4-2-3-9-22-18;1-28(26,27)10-5-6-11(12(18)8-10)16(25)24-17-22-14(9-19)21-15(23-17)13-4-2-3-7-20-13;1-10(25)22-11-5-6-12(13(18)8-11)16(26)24-17-21-9-20-15(23-17)14-4-2-3-7-19-14;1-26(24,25)10-5-6-11(12(17)8-10)15(23)22-16-20-9-19-14(21-16)13-4-2-3-7-18-13/h2-9,15H,10-14H2,1H3,(H,23,24,25,26,29);2-8H,1H3,(H,21,22,23,24,25);2-9H,1H3,(H,22,25)(H,20,21,23,24,26);2-9H,1H3,(H,19,20,21,22,23). The van der Waals surface area contributed by atoms with Crippen LogP contribution in [-0.4, -0.2) is 182 Å². The first-order valence-corrected chi connectivity index (χ1v) is 36.9. The second-order valence-electron chi connectivity index (χ2n) is 23.0. The van der Waals surface area contributed by atoms with E-state index < -0.39 is 37.4 Å². The lowest BCUT2D eigenvalue weighted by Gasteiger charge is -2.32. The molecule has 0 bridgehead atoms. The molecule has 0 atom stereocenters. The van der Waals surface area contributed by atoms with Gasteiger partial charge in [0, 0.05) is 88.2 Å². The maximum absolute atomic E-state index is 12.6. The Kier molecular flexibility index (Phi) is 26.6. The van der Waals surface area contributed by atoms with E-state index in [1.165, 1.54) is 86.2 Å². The van der Waals surface area contributed by atoms with Crippen molar-refractivity contribution in [3.63, 3.8) is 0 Å². The van der Waals surface area contributed by atoms with Gasteiger partial charge in [-0.15, -0.1) is 0 Å². The van der Waals surface area contributed by atoms with Gasteiger partial charge in [-0.3, -0.25) is 70.1 Å². The molecule has 1 aliphatic rings. The van der Waals surface area contributed by atoms with Crippen molar-refractivity contribution in [1.82, 2.24) is 89.5 Å². The molecule has 1 saturated heterocycles. The van der Waals surface area contributed by atoms with Crippen molar-refractivity contribution in [2.24, 2.45) is 0 Å². The number of nitrogens with one attached hydrogen (secondary N) is 5. The molecule has 0 aliphatic carbocycles. The second-order valence-corrected chi connectivity index (χ2v) is 28.2. The van der Waals surface area contributed by atoms with Gasteiger partial charge < -0.3 is 10.2 Å². The van der Waals surface area contributed by atoms with Crippen molar-refractivity contribution in [1.29, 1.82) is 5.26 Å². The first kappa shape index (κ1) is 78.6. The van der Waals surface area contributed by atoms with Crippen LogP contribution >= 0.6 is 34.8 Å². The van der Waals surface area contributed by atoms with E-state index in [0.29, 0.717) is 51.5 Å². The summed E-state index contributed by atoms with van der Waals surface area (Å²) in [6.45, 7) is 6.60. The highest BCUT2D eigenvalue weighted by Crippen LogP contribution is 2.26. The number of hydrogen-bond donors (Lipinski definition) is 5. The third-order valence-electron chi connectivity index (χ3n) is 14.9. The van der Waals surface area contributed by atoms with E-state index >= 15 is 0 Å². The van der Waals surface area contributed by atoms with Gasteiger partial charge >= 0.3 is 0 Å². The molecule has 13 rings (SSSR count). The zero-order valence-electron chi connectivity index (χ0n) is 57.6. The lowest BCUT2D eigenvalue weighted by atomic mass is 10.1. The number of amides is 5. The molecular weight excluding hydrogens is 1500 g/mol. The van der Waals surface area contributed by atoms with Crippen LogP contribution in [0.3, 0.4) is 0 Å². The fraction of sp³-hybridized carbons (Fsp3) is 0.127. The third-order valence-corrected chi connectivity index (χ3v) is 18.1. The molecule has 109 heavy (non-hydrogen) atoms. The third kappa shape index (κ3) is 22.8. The zero-order valence-corrected chi connectivity index (χ0v) is 61.5. The highest BCUT2D eigenvalue weighted by molar-refractivity contribution is 7.91. The average molecular weight is 1560 g/mol. The molecule has 0 spiro atoms. The molecule has 0 saturated carbocycles. The van der Waals surface area contributed by atoms with E-state index in [0.717, 1.165) is 45.2 Å². The number of likely N-dealkylation sites (N-methyl/N-ethyl adjacent to an activating group) is 1. The summed E-state index contributed by atoms with van der Waals surface area (Å²) >= 11 is 18.2. The lowest BCUT2D eigenvalue weighted by molar-refractivity contribution is -0.114. The van der Waals surface area contributed by atoms with Gasteiger partial charge in [-0.2, -0.15) is 35.2 Å². The van der Waals surface area contributed by atoms with Crippen LogP contribution < -0.4 is 26.6 Å². The molecule has 9 heterocycles. The summed E-state index contributed by atoms with van der Waals surface area (Å²) in [7, 11) is -4.73. The van der Waals surface area contributed by atoms with Crippen LogP contribution in [0.25, 0.3) is 46.1 Å². The molecule has 1 aliphatic heterocycles. The number of nitriles is 1. The van der Waals surface area contributed by atoms with E-state index in [-0.39, 0.29) is 88.8 Å². The van der Waals surface area contributed by atoms with Crippen LogP contribution in [0, 0.1) is 11.3 Å². The number of pyridine rings is 4. The van der Waals surface area contributed by atoms with Gasteiger partial charge in [0.1, 0.15) is 47.8 Å². The van der Waals surface area contributed by atoms with Crippen molar-refractivity contribution in [2.75, 3.05) is 72.3 Å². The molecule has 5 N–H and O–H groups in total. The van der Waals surface area contributed by atoms with Crippen LogP contribution in [0.4, 0.5) is 29.5 Å². The van der Waals surface area contributed by atoms with E-state index in [9.17, 15) is 40.8 Å². The van der Waals surface area contributed by atoms with E-state index in [1.807, 2.05) is 36.4 Å². The Balaban J connectivity index is 0.000000155. The highest BCUT2D eigenvalue weighted by atomic mass is 35.5. The molecule has 0 radical (unpaired) electrons. The van der Waals surface area contributed by atoms with Crippen LogP contribution in [0.2, 0.25) is 15.1 Å². The Morgan fingerprint density at radius 2 is 0.817 bits per heavy atom. The van der Waals surface area contributed by atoms with Gasteiger partial charge in [0.05, 0.1) is 41.5 Å². The lowest BCUT2D eigenvalue weighted by Crippen LogP contribution is -2.43. The van der Waals surface area contributed by atoms with Gasteiger partial charge in [-0.1, -0.05) is 71.2 Å². The van der Waals surface area contributed by atoms with Crippen molar-refractivity contribution >= 4 is 113 Å². The van der Waals surface area contributed by atoms with E-state index in [1.54, 1.807) is 91.4 Å². The minimum Gasteiger partial charge on any atom is -0.326 e. The van der Waals surface area contributed by atoms with Gasteiger partial charge in [-0.05, 0) is 128 Å². The van der Waals surface area contributed by atoms with Crippen molar-refractivity contribution < 1.29 is 40.8 Å². The van der Waals surface area contributed by atoms with Gasteiger partial charge in [-0.25, -0.2) is 46.7 Å². The molecule has 1 fully saturated rings. The fourth-order valence-corrected chi connectivity index (χ4v) is 11.7. The topological polar surface area (TPSA) is 450 Å². The van der Waals surface area contributed by atoms with Crippen LogP contribution in [-0.2, 0) is 31.0 Å². The number of carbonyl (C=O) groups is 5. The maximum Gasteiger partial charge on any atom is 0.259 e. The summed E-state index contributed by atoms with van der Waals surface area (Å²) in [6, 6.07) is 42.8. The largest absolute Gasteiger partial charge is 0.326 e. The molecular formula is C71H59Cl3N24O9S2. The van der Waals surface area contributed by atoms with Crippen LogP contribution in [0.5, 0.6) is 0 Å². The number of aromatic nitrogens is 16. The van der Waals surface area contributed by atoms with Gasteiger partial charge in [0.2, 0.25) is 35.5 Å². The quantitative estimate of drug-likeness (QED) is 0.0567. The number of sulfone groups is 2. The van der Waals surface area contributed by atoms with E-state index in [2.05, 4.69) is 123 Å². The maximum atomic E-state index is 12.6. The Hall–Kier alpha value is -13.0. The number of benzene rings is 4. The molecule has 550 valence electrons. The van der Waals surface area contributed by atoms with Gasteiger partial charge in [0.15, 0.2) is 43.0 Å². The molecule has 5 amide bonds. The minimum absolute atomic E-state index is 0.00410. The molecule has 12 aromatic rings. The summed E-state index contributed by atoms with van der Waals surface area (Å²) in [5.41, 5.74) is 4.70. The Bertz CT molecular complexity index is 5580. The molecule has 4 aromatic carbocycles. The number of rotatable bonds is 17. The van der Waals surface area contributed by atoms with Crippen LogP contribution in [0.1, 0.15) is 59.7 Å². The Morgan fingerprint density at radius 1 is 0.431 bits per heavy atom. The average Bonchev–Trinajstić information content (AvgIpc) is 0.837. The predicted octanol–water partition coefficient (Wildman–Crippen LogP) is 9.09. The summed E-state index contributed by atoms with van der Waals surface area (Å²) < 4.78 is 46.2. The summed E-state index contributed by atoms with van der Waals surface area (Å²) in [4.78, 5) is 131. The number of anilines is 5. The summed E-state index contributed by atoms with van der Waals surface area (Å²) in [6.07, 6.45) is 12.4. The SMILES string of the molecule is CC(=O)Nc1ccc(C(=O)Nc2ncnc(-c3ccccn3)n2)c(Cl)c1.CN1CCN(Cc2ccc(C(=O)Nc3ncnc(-c4ccccn4)n3)cc2)CC1.CS(=O)(=O)c1ccc(C(=O)Nc2nc(C#N)nc(-c3ccccn3)n2)c(Cl)c1.CS(=O)(=O)c1ccc(C(=O)Nc2ncnc(-c3ccccn3)n2)c(Cl)c1.